The summed E-state index contributed by atoms with van der Waals surface area (Å²) in [7, 11) is 1.74. The van der Waals surface area contributed by atoms with Crippen LogP contribution < -0.4 is 9.47 Å². The molecule has 0 saturated carbocycles. The Morgan fingerprint density at radius 2 is 1.77 bits per heavy atom. The number of nitrogens with zero attached hydrogens (tertiary/aromatic N) is 1. The summed E-state index contributed by atoms with van der Waals surface area (Å²) in [5.41, 5.74) is 1.57. The molecule has 26 heavy (non-hydrogen) atoms. The van der Waals surface area contributed by atoms with Crippen molar-refractivity contribution in [3.63, 3.8) is 0 Å². The number of carbonyl (C=O) groups is 2. The molecule has 2 aromatic rings. The van der Waals surface area contributed by atoms with Crippen LogP contribution in [0.4, 0.5) is 0 Å². The predicted molar refractivity (Wildman–Crippen MR) is 101 cm³/mol. The van der Waals surface area contributed by atoms with E-state index in [1.165, 1.54) is 6.92 Å². The first-order valence-corrected chi connectivity index (χ1v) is 8.65. The smallest absolute Gasteiger partial charge is 0.263 e. The van der Waals surface area contributed by atoms with Crippen LogP contribution in [0.15, 0.2) is 48.5 Å². The van der Waals surface area contributed by atoms with Crippen LogP contribution in [0.2, 0.25) is 0 Å². The lowest BCUT2D eigenvalue weighted by molar-refractivity contribution is -0.137. The number of ketones is 1. The molecule has 5 heteroatoms. The first-order valence-electron chi connectivity index (χ1n) is 8.65. The van der Waals surface area contributed by atoms with Crippen molar-refractivity contribution in [2.45, 2.75) is 33.4 Å². The SMILES string of the molecule is CCOc1ccc(CN(C)C(=O)C(C)Oc2cccc(C(C)=O)c2)cc1. The molecule has 0 heterocycles. The molecule has 0 radical (unpaired) electrons. The highest BCUT2D eigenvalue weighted by Crippen LogP contribution is 2.17. The Morgan fingerprint density at radius 1 is 1.08 bits per heavy atom. The number of benzene rings is 2. The van der Waals surface area contributed by atoms with Crippen LogP contribution in [0.3, 0.4) is 0 Å². The van der Waals surface area contributed by atoms with Gasteiger partial charge < -0.3 is 14.4 Å². The minimum atomic E-state index is -0.648. The van der Waals surface area contributed by atoms with Gasteiger partial charge in [-0.15, -0.1) is 0 Å². The summed E-state index contributed by atoms with van der Waals surface area (Å²) in [5, 5.41) is 0. The predicted octanol–water partition coefficient (Wildman–Crippen LogP) is 3.71. The van der Waals surface area contributed by atoms with Gasteiger partial charge in [0.2, 0.25) is 0 Å². The third-order valence-corrected chi connectivity index (χ3v) is 3.93. The van der Waals surface area contributed by atoms with E-state index in [2.05, 4.69) is 0 Å². The molecule has 138 valence electrons. The molecule has 0 fully saturated rings. The standard InChI is InChI=1S/C21H25NO4/c1-5-25-19-11-9-17(10-12-19)14-22(4)21(24)16(3)26-20-8-6-7-18(13-20)15(2)23/h6-13,16H,5,14H2,1-4H3. The van der Waals surface area contributed by atoms with E-state index in [0.717, 1.165) is 11.3 Å². The number of amides is 1. The molecule has 1 atom stereocenters. The maximum Gasteiger partial charge on any atom is 0.263 e. The summed E-state index contributed by atoms with van der Waals surface area (Å²) in [6.07, 6.45) is -0.648. The third kappa shape index (κ3) is 5.34. The van der Waals surface area contributed by atoms with Crippen molar-refractivity contribution in [2.24, 2.45) is 0 Å². The van der Waals surface area contributed by atoms with Crippen LogP contribution in [-0.2, 0) is 11.3 Å². The third-order valence-electron chi connectivity index (χ3n) is 3.93. The van der Waals surface area contributed by atoms with Gasteiger partial charge in [-0.3, -0.25) is 9.59 Å². The zero-order valence-electron chi connectivity index (χ0n) is 15.7. The fourth-order valence-electron chi connectivity index (χ4n) is 2.56. The van der Waals surface area contributed by atoms with Crippen LogP contribution in [0.25, 0.3) is 0 Å². The highest BCUT2D eigenvalue weighted by molar-refractivity contribution is 5.94. The van der Waals surface area contributed by atoms with E-state index in [1.807, 2.05) is 31.2 Å². The Labute approximate surface area is 154 Å². The number of ether oxygens (including phenoxy) is 2. The second kappa shape index (κ2) is 9.04. The van der Waals surface area contributed by atoms with Crippen molar-refractivity contribution in [1.82, 2.24) is 4.90 Å². The summed E-state index contributed by atoms with van der Waals surface area (Å²) in [6.45, 7) is 6.24. The molecule has 0 aromatic heterocycles. The summed E-state index contributed by atoms with van der Waals surface area (Å²) in [6, 6.07) is 14.5. The number of rotatable bonds is 8. The molecule has 0 N–H and O–H groups in total. The summed E-state index contributed by atoms with van der Waals surface area (Å²) in [4.78, 5) is 25.6. The molecular formula is C21H25NO4. The van der Waals surface area contributed by atoms with Crippen LogP contribution in [0, 0.1) is 0 Å². The van der Waals surface area contributed by atoms with Crippen molar-refractivity contribution >= 4 is 11.7 Å². The second-order valence-corrected chi connectivity index (χ2v) is 6.12. The first-order chi connectivity index (χ1) is 12.4. The van der Waals surface area contributed by atoms with Crippen molar-refractivity contribution in [3.8, 4) is 11.5 Å². The average Bonchev–Trinajstić information content (AvgIpc) is 2.63. The van der Waals surface area contributed by atoms with Crippen LogP contribution in [0.1, 0.15) is 36.7 Å². The van der Waals surface area contributed by atoms with E-state index < -0.39 is 6.10 Å². The minimum Gasteiger partial charge on any atom is -0.494 e. The summed E-state index contributed by atoms with van der Waals surface area (Å²) >= 11 is 0. The van der Waals surface area contributed by atoms with Crippen molar-refractivity contribution < 1.29 is 19.1 Å². The fourth-order valence-corrected chi connectivity index (χ4v) is 2.56. The van der Waals surface area contributed by atoms with E-state index in [9.17, 15) is 9.59 Å². The zero-order chi connectivity index (χ0) is 19.1. The van der Waals surface area contributed by atoms with Crippen molar-refractivity contribution in [1.29, 1.82) is 0 Å². The molecule has 1 amide bonds. The molecule has 2 aromatic carbocycles. The average molecular weight is 355 g/mol. The van der Waals surface area contributed by atoms with Gasteiger partial charge >= 0.3 is 0 Å². The zero-order valence-corrected chi connectivity index (χ0v) is 15.7. The Morgan fingerprint density at radius 3 is 2.38 bits per heavy atom. The number of carbonyl (C=O) groups excluding carboxylic acids is 2. The molecule has 0 bridgehead atoms. The highest BCUT2D eigenvalue weighted by atomic mass is 16.5. The minimum absolute atomic E-state index is 0.0398. The Hall–Kier alpha value is -2.82. The van der Waals surface area contributed by atoms with E-state index >= 15 is 0 Å². The van der Waals surface area contributed by atoms with Gasteiger partial charge in [-0.05, 0) is 50.6 Å². The molecular weight excluding hydrogens is 330 g/mol. The largest absolute Gasteiger partial charge is 0.494 e. The lowest BCUT2D eigenvalue weighted by Crippen LogP contribution is -2.37. The van der Waals surface area contributed by atoms with Gasteiger partial charge in [0, 0.05) is 19.2 Å². The Balaban J connectivity index is 1.96. The monoisotopic (exact) mass is 355 g/mol. The fraction of sp³-hybridized carbons (Fsp3) is 0.333. The molecule has 2 rings (SSSR count). The maximum atomic E-state index is 12.5. The number of hydrogen-bond acceptors (Lipinski definition) is 4. The number of likely N-dealkylation sites (N-methyl/N-ethyl adjacent to an activating group) is 1. The van der Waals surface area contributed by atoms with Crippen molar-refractivity contribution in [3.05, 3.63) is 59.7 Å². The van der Waals surface area contributed by atoms with Gasteiger partial charge in [0.05, 0.1) is 6.61 Å². The Kier molecular flexibility index (Phi) is 6.78. The van der Waals surface area contributed by atoms with E-state index in [0.29, 0.717) is 24.5 Å². The van der Waals surface area contributed by atoms with Crippen LogP contribution >= 0.6 is 0 Å². The normalized spacial score (nSPS) is 11.5. The lowest BCUT2D eigenvalue weighted by Gasteiger charge is -2.22. The van der Waals surface area contributed by atoms with E-state index in [-0.39, 0.29) is 11.7 Å². The summed E-state index contributed by atoms with van der Waals surface area (Å²) in [5.74, 6) is 1.15. The topological polar surface area (TPSA) is 55.8 Å². The lowest BCUT2D eigenvalue weighted by atomic mass is 10.1. The Bertz CT molecular complexity index is 755. The maximum absolute atomic E-state index is 12.5. The molecule has 0 aliphatic rings. The van der Waals surface area contributed by atoms with Gasteiger partial charge in [-0.25, -0.2) is 0 Å². The van der Waals surface area contributed by atoms with Gasteiger partial charge in [0.15, 0.2) is 11.9 Å². The van der Waals surface area contributed by atoms with Crippen molar-refractivity contribution in [2.75, 3.05) is 13.7 Å². The molecule has 5 nitrogen and oxygen atoms in total. The second-order valence-electron chi connectivity index (χ2n) is 6.12. The highest BCUT2D eigenvalue weighted by Gasteiger charge is 2.19. The van der Waals surface area contributed by atoms with Crippen LogP contribution in [-0.4, -0.2) is 36.3 Å². The molecule has 0 spiro atoms. The van der Waals surface area contributed by atoms with E-state index in [1.54, 1.807) is 43.1 Å². The van der Waals surface area contributed by atoms with Crippen LogP contribution in [0.5, 0.6) is 11.5 Å². The van der Waals surface area contributed by atoms with Gasteiger partial charge in [0.1, 0.15) is 11.5 Å². The molecule has 0 aliphatic heterocycles. The first kappa shape index (κ1) is 19.5. The number of Topliss-reactive ketones (excluding diaryl/α,β-unsaturated/α-hetero) is 1. The van der Waals surface area contributed by atoms with Gasteiger partial charge in [0.25, 0.3) is 5.91 Å². The molecule has 1 unspecified atom stereocenters. The summed E-state index contributed by atoms with van der Waals surface area (Å²) < 4.78 is 11.1. The van der Waals surface area contributed by atoms with Gasteiger partial charge in [-0.2, -0.15) is 0 Å². The quantitative estimate of drug-likeness (QED) is 0.677. The van der Waals surface area contributed by atoms with E-state index in [4.69, 9.17) is 9.47 Å². The molecule has 0 aliphatic carbocycles. The van der Waals surface area contributed by atoms with Gasteiger partial charge in [-0.1, -0.05) is 24.3 Å². The molecule has 0 saturated heterocycles. The number of hydrogen-bond donors (Lipinski definition) is 0.